The summed E-state index contributed by atoms with van der Waals surface area (Å²) in [6.07, 6.45) is 4.68. The fraction of sp³-hybridized carbons (Fsp3) is 0.231. The molecule has 0 aliphatic heterocycles. The Hall–Kier alpha value is -3.80. The van der Waals surface area contributed by atoms with Crippen molar-refractivity contribution >= 4 is 16.9 Å². The van der Waals surface area contributed by atoms with Crippen molar-refractivity contribution in [3.05, 3.63) is 106 Å². The van der Waals surface area contributed by atoms with Gasteiger partial charge in [-0.15, -0.1) is 0 Å². The third-order valence-electron chi connectivity index (χ3n) is 5.54. The minimum atomic E-state index is -0.150. The van der Waals surface area contributed by atoms with Crippen molar-refractivity contribution in [1.29, 1.82) is 0 Å². The summed E-state index contributed by atoms with van der Waals surface area (Å²) in [5.41, 5.74) is 3.97. The molecule has 0 spiro atoms. The van der Waals surface area contributed by atoms with Crippen molar-refractivity contribution in [1.82, 2.24) is 19.9 Å². The minimum Gasteiger partial charge on any atom is -0.350 e. The van der Waals surface area contributed by atoms with E-state index in [2.05, 4.69) is 27.4 Å². The Morgan fingerprint density at radius 1 is 1.00 bits per heavy atom. The average molecular weight is 427 g/mol. The molecule has 6 nitrogen and oxygen atoms in total. The number of hydrogen-bond acceptors (Lipinski definition) is 4. The van der Waals surface area contributed by atoms with Crippen LogP contribution < -0.4 is 10.9 Å². The summed E-state index contributed by atoms with van der Waals surface area (Å²) in [4.78, 5) is 34.4. The van der Waals surface area contributed by atoms with Gasteiger partial charge in [0.2, 0.25) is 5.91 Å². The zero-order valence-corrected chi connectivity index (χ0v) is 18.1. The monoisotopic (exact) mass is 426 g/mol. The number of amides is 1. The molecule has 162 valence electrons. The van der Waals surface area contributed by atoms with Gasteiger partial charge in [0.15, 0.2) is 0 Å². The second kappa shape index (κ2) is 10.0. The van der Waals surface area contributed by atoms with Crippen LogP contribution in [0.2, 0.25) is 0 Å². The molecule has 1 atom stereocenters. The Kier molecular flexibility index (Phi) is 6.70. The maximum absolute atomic E-state index is 13.2. The van der Waals surface area contributed by atoms with Gasteiger partial charge in [0.25, 0.3) is 5.56 Å². The zero-order chi connectivity index (χ0) is 22.3. The molecule has 2 heterocycles. The summed E-state index contributed by atoms with van der Waals surface area (Å²) in [6.45, 7) is 2.48. The number of para-hydroxylation sites is 2. The van der Waals surface area contributed by atoms with Crippen molar-refractivity contribution in [2.45, 2.75) is 38.8 Å². The van der Waals surface area contributed by atoms with Gasteiger partial charge in [-0.05, 0) is 42.7 Å². The number of fused-ring (bicyclic) bond motifs is 1. The van der Waals surface area contributed by atoms with Crippen LogP contribution in [0, 0.1) is 0 Å². The molecule has 6 heteroatoms. The maximum Gasteiger partial charge on any atom is 0.272 e. The van der Waals surface area contributed by atoms with Crippen molar-refractivity contribution in [2.75, 3.05) is 0 Å². The molecule has 0 aliphatic carbocycles. The molecule has 2 aromatic carbocycles. The molecule has 0 saturated carbocycles. The van der Waals surface area contributed by atoms with Gasteiger partial charge in [0.1, 0.15) is 5.69 Å². The quantitative estimate of drug-likeness (QED) is 0.464. The zero-order valence-electron chi connectivity index (χ0n) is 18.1. The number of nitrogens with one attached hydrogen (secondary N) is 1. The summed E-state index contributed by atoms with van der Waals surface area (Å²) < 4.78 is 1.78. The van der Waals surface area contributed by atoms with Crippen molar-refractivity contribution in [3.63, 3.8) is 0 Å². The highest BCUT2D eigenvalue weighted by Gasteiger charge is 2.14. The highest BCUT2D eigenvalue weighted by atomic mass is 16.1. The Morgan fingerprint density at radius 2 is 1.78 bits per heavy atom. The molecule has 0 unspecified atom stereocenters. The molecule has 4 aromatic rings. The summed E-state index contributed by atoms with van der Waals surface area (Å²) in [5, 5.41) is 2.97. The third-order valence-corrected chi connectivity index (χ3v) is 5.54. The second-order valence-electron chi connectivity index (χ2n) is 7.82. The number of benzene rings is 2. The summed E-state index contributed by atoms with van der Waals surface area (Å²) >= 11 is 0. The first-order valence-electron chi connectivity index (χ1n) is 10.8. The Balaban J connectivity index is 1.50. The largest absolute Gasteiger partial charge is 0.350 e. The van der Waals surface area contributed by atoms with E-state index in [-0.39, 0.29) is 23.9 Å². The van der Waals surface area contributed by atoms with Crippen LogP contribution in [0.15, 0.2) is 83.9 Å². The van der Waals surface area contributed by atoms with Crippen molar-refractivity contribution in [3.8, 4) is 0 Å². The lowest BCUT2D eigenvalue weighted by Crippen LogP contribution is -2.30. The minimum absolute atomic E-state index is 0.119. The van der Waals surface area contributed by atoms with E-state index in [4.69, 9.17) is 0 Å². The van der Waals surface area contributed by atoms with Crippen LogP contribution in [0.1, 0.15) is 36.2 Å². The number of nitrogens with zero attached hydrogens (tertiary/aromatic N) is 3. The smallest absolute Gasteiger partial charge is 0.272 e. The fourth-order valence-electron chi connectivity index (χ4n) is 3.78. The molecule has 0 radical (unpaired) electrons. The van der Waals surface area contributed by atoms with Crippen LogP contribution in [-0.2, 0) is 24.2 Å². The number of aromatic nitrogens is 3. The van der Waals surface area contributed by atoms with Crippen LogP contribution >= 0.6 is 0 Å². The third kappa shape index (κ3) is 5.09. The lowest BCUT2D eigenvalue weighted by molar-refractivity contribution is -0.121. The molecule has 4 rings (SSSR count). The van der Waals surface area contributed by atoms with Gasteiger partial charge in [-0.2, -0.15) is 0 Å². The predicted molar refractivity (Wildman–Crippen MR) is 125 cm³/mol. The first kappa shape index (κ1) is 21.4. The molecular formula is C26H26N4O2. The van der Waals surface area contributed by atoms with E-state index in [1.54, 1.807) is 17.0 Å². The van der Waals surface area contributed by atoms with Gasteiger partial charge >= 0.3 is 0 Å². The van der Waals surface area contributed by atoms with E-state index in [1.807, 2.05) is 61.5 Å². The number of hydrogen-bond donors (Lipinski definition) is 1. The lowest BCUT2D eigenvalue weighted by atomic mass is 10.1. The molecule has 1 amide bonds. The van der Waals surface area contributed by atoms with Crippen molar-refractivity contribution in [2.24, 2.45) is 0 Å². The summed E-state index contributed by atoms with van der Waals surface area (Å²) in [7, 11) is 0. The molecule has 0 bridgehead atoms. The van der Waals surface area contributed by atoms with Gasteiger partial charge in [-0.3, -0.25) is 14.6 Å². The molecular weight excluding hydrogens is 400 g/mol. The Morgan fingerprint density at radius 3 is 2.56 bits per heavy atom. The van der Waals surface area contributed by atoms with Gasteiger partial charge in [-0.25, -0.2) is 4.98 Å². The summed E-state index contributed by atoms with van der Waals surface area (Å²) in [5.74, 6) is -0.119. The number of carbonyl (C=O) groups excluding carboxylic acids is 1. The average Bonchev–Trinajstić information content (AvgIpc) is 2.83. The van der Waals surface area contributed by atoms with Crippen LogP contribution in [0.25, 0.3) is 11.0 Å². The predicted octanol–water partition coefficient (Wildman–Crippen LogP) is 3.84. The normalized spacial score (nSPS) is 11.9. The van der Waals surface area contributed by atoms with E-state index in [1.165, 1.54) is 5.56 Å². The molecule has 1 N–H and O–H groups in total. The van der Waals surface area contributed by atoms with Crippen LogP contribution in [0.4, 0.5) is 0 Å². The van der Waals surface area contributed by atoms with E-state index in [0.29, 0.717) is 18.7 Å². The maximum atomic E-state index is 13.2. The van der Waals surface area contributed by atoms with Gasteiger partial charge in [-0.1, -0.05) is 48.5 Å². The van der Waals surface area contributed by atoms with Crippen molar-refractivity contribution < 1.29 is 4.79 Å². The van der Waals surface area contributed by atoms with Crippen LogP contribution in [0.5, 0.6) is 0 Å². The highest BCUT2D eigenvalue weighted by molar-refractivity contribution is 5.77. The molecule has 0 saturated heterocycles. The lowest BCUT2D eigenvalue weighted by Gasteiger charge is -2.14. The first-order chi connectivity index (χ1) is 15.6. The van der Waals surface area contributed by atoms with E-state index in [9.17, 15) is 9.59 Å². The number of pyridine rings is 1. The molecule has 0 fully saturated rings. The Bertz CT molecular complexity index is 1250. The van der Waals surface area contributed by atoms with Crippen LogP contribution in [0.3, 0.4) is 0 Å². The number of rotatable bonds is 8. The SMILES string of the molecule is C[C@H](NC(=O)CCc1nc2ccccc2n(CCc2ccccc2)c1=O)c1cccnc1. The number of aryl methyl sites for hydroxylation is 3. The van der Waals surface area contributed by atoms with E-state index in [0.717, 1.165) is 23.0 Å². The van der Waals surface area contributed by atoms with Gasteiger partial charge in [0.05, 0.1) is 17.1 Å². The second-order valence-corrected chi connectivity index (χ2v) is 7.82. The highest BCUT2D eigenvalue weighted by Crippen LogP contribution is 2.13. The standard InChI is InChI=1S/C26H26N4O2/c1-19(21-10-7-16-27-18-21)28-25(31)14-13-23-26(32)30(17-15-20-8-3-2-4-9-20)24-12-6-5-11-22(24)29-23/h2-12,16,18-19H,13-15,17H2,1H3,(H,28,31)/t19-/m0/s1. The van der Waals surface area contributed by atoms with Gasteiger partial charge in [0, 0.05) is 31.8 Å². The molecule has 0 aliphatic rings. The molecule has 32 heavy (non-hydrogen) atoms. The topological polar surface area (TPSA) is 76.9 Å². The first-order valence-corrected chi connectivity index (χ1v) is 10.8. The van der Waals surface area contributed by atoms with Crippen LogP contribution in [-0.4, -0.2) is 20.4 Å². The summed E-state index contributed by atoms with van der Waals surface area (Å²) in [6, 6.07) is 21.4. The van der Waals surface area contributed by atoms with E-state index < -0.39 is 0 Å². The fourth-order valence-corrected chi connectivity index (χ4v) is 3.78. The Labute approximate surface area is 187 Å². The number of carbonyl (C=O) groups is 1. The van der Waals surface area contributed by atoms with Gasteiger partial charge < -0.3 is 9.88 Å². The van der Waals surface area contributed by atoms with E-state index >= 15 is 0 Å². The molecule has 2 aromatic heterocycles.